The van der Waals surface area contributed by atoms with Crippen molar-refractivity contribution in [1.82, 2.24) is 9.88 Å². The molecule has 24 heavy (non-hydrogen) atoms. The molecule has 0 bridgehead atoms. The Kier molecular flexibility index (Phi) is 5.40. The number of nitrogens with one attached hydrogen (secondary N) is 1. The van der Waals surface area contributed by atoms with Crippen LogP contribution in [0.3, 0.4) is 0 Å². The van der Waals surface area contributed by atoms with Crippen LogP contribution in [0.25, 0.3) is 10.9 Å². The number of hydrogen-bond acceptors (Lipinski definition) is 2. The monoisotopic (exact) mass is 326 g/mol. The number of nitrogens with zero attached hydrogens (tertiary/aromatic N) is 1. The van der Waals surface area contributed by atoms with Gasteiger partial charge < -0.3 is 9.88 Å². The zero-order valence-corrected chi connectivity index (χ0v) is 15.3. The summed E-state index contributed by atoms with van der Waals surface area (Å²) in [5, 5.41) is 1.11. The molecular weight excluding hydrogens is 296 g/mol. The van der Waals surface area contributed by atoms with E-state index in [9.17, 15) is 4.79 Å². The predicted molar refractivity (Wildman–Crippen MR) is 101 cm³/mol. The molecule has 1 aromatic heterocycles. The van der Waals surface area contributed by atoms with Crippen molar-refractivity contribution < 1.29 is 4.79 Å². The van der Waals surface area contributed by atoms with E-state index >= 15 is 0 Å². The Hall–Kier alpha value is -1.61. The molecule has 1 N–H and O–H groups in total. The van der Waals surface area contributed by atoms with E-state index in [0.29, 0.717) is 12.5 Å². The molecule has 1 aromatic carbocycles. The Morgan fingerprint density at radius 2 is 1.92 bits per heavy atom. The maximum absolute atomic E-state index is 12.2. The number of hydrogen-bond donors (Lipinski definition) is 1. The van der Waals surface area contributed by atoms with Gasteiger partial charge in [-0.3, -0.25) is 4.79 Å². The van der Waals surface area contributed by atoms with Crippen LogP contribution in [0, 0.1) is 0 Å². The first-order chi connectivity index (χ1) is 11.7. The van der Waals surface area contributed by atoms with Crippen LogP contribution in [0.4, 0.5) is 0 Å². The number of H-pyrrole nitrogens is 1. The van der Waals surface area contributed by atoms with E-state index in [1.165, 1.54) is 43.5 Å². The van der Waals surface area contributed by atoms with E-state index < -0.39 is 0 Å². The number of aryl methyl sites for hydroxylation is 1. The number of ketones is 1. The van der Waals surface area contributed by atoms with Gasteiger partial charge >= 0.3 is 0 Å². The SMILES string of the molecule is CCCN(CCC)C1CCc2cc3[nH]cc(C(=O)CC)c3cc2C1. The Labute approximate surface area is 145 Å². The highest BCUT2D eigenvalue weighted by molar-refractivity contribution is 6.08. The highest BCUT2D eigenvalue weighted by Gasteiger charge is 2.24. The van der Waals surface area contributed by atoms with Crippen molar-refractivity contribution in [2.45, 2.75) is 65.3 Å². The average molecular weight is 326 g/mol. The van der Waals surface area contributed by atoms with Gasteiger partial charge in [0.15, 0.2) is 5.78 Å². The summed E-state index contributed by atoms with van der Waals surface area (Å²) in [4.78, 5) is 18.1. The molecule has 1 unspecified atom stereocenters. The second kappa shape index (κ2) is 7.52. The molecule has 2 aromatic rings. The van der Waals surface area contributed by atoms with Crippen LogP contribution in [0.15, 0.2) is 18.3 Å². The topological polar surface area (TPSA) is 36.1 Å². The summed E-state index contributed by atoms with van der Waals surface area (Å²) >= 11 is 0. The van der Waals surface area contributed by atoms with Crippen LogP contribution < -0.4 is 0 Å². The van der Waals surface area contributed by atoms with Crippen LogP contribution in [0.5, 0.6) is 0 Å². The highest BCUT2D eigenvalue weighted by Crippen LogP contribution is 2.30. The second-order valence-corrected chi connectivity index (χ2v) is 7.08. The Balaban J connectivity index is 1.90. The summed E-state index contributed by atoms with van der Waals surface area (Å²) in [6.07, 6.45) is 8.41. The van der Waals surface area contributed by atoms with Crippen LogP contribution in [-0.4, -0.2) is 34.8 Å². The minimum Gasteiger partial charge on any atom is -0.360 e. The second-order valence-electron chi connectivity index (χ2n) is 7.08. The number of carbonyl (C=O) groups excluding carboxylic acids is 1. The van der Waals surface area contributed by atoms with Gasteiger partial charge in [0.2, 0.25) is 0 Å². The lowest BCUT2D eigenvalue weighted by Gasteiger charge is -2.35. The first-order valence-electron chi connectivity index (χ1n) is 9.58. The van der Waals surface area contributed by atoms with Gasteiger partial charge in [0, 0.05) is 35.1 Å². The molecule has 1 aliphatic carbocycles. The summed E-state index contributed by atoms with van der Waals surface area (Å²) in [6, 6.07) is 5.21. The van der Waals surface area contributed by atoms with E-state index in [2.05, 4.69) is 35.9 Å². The normalized spacial score (nSPS) is 17.4. The number of rotatable bonds is 7. The van der Waals surface area contributed by atoms with Crippen molar-refractivity contribution in [2.75, 3.05) is 13.1 Å². The predicted octanol–water partition coefficient (Wildman–Crippen LogP) is 4.74. The fourth-order valence-corrected chi connectivity index (χ4v) is 4.14. The number of carbonyl (C=O) groups is 1. The molecule has 0 amide bonds. The summed E-state index contributed by atoms with van der Waals surface area (Å²) in [5.41, 5.74) is 4.88. The van der Waals surface area contributed by atoms with Crippen molar-refractivity contribution >= 4 is 16.7 Å². The minimum absolute atomic E-state index is 0.229. The quantitative estimate of drug-likeness (QED) is 0.746. The van der Waals surface area contributed by atoms with Crippen LogP contribution in [0.1, 0.15) is 67.9 Å². The number of aromatic nitrogens is 1. The zero-order valence-electron chi connectivity index (χ0n) is 15.3. The van der Waals surface area contributed by atoms with E-state index in [4.69, 9.17) is 0 Å². The molecule has 0 aliphatic heterocycles. The highest BCUT2D eigenvalue weighted by atomic mass is 16.1. The fourth-order valence-electron chi connectivity index (χ4n) is 4.14. The summed E-state index contributed by atoms with van der Waals surface area (Å²) < 4.78 is 0. The zero-order chi connectivity index (χ0) is 17.1. The Bertz CT molecular complexity index is 710. The van der Waals surface area contributed by atoms with Crippen molar-refractivity contribution in [2.24, 2.45) is 0 Å². The standard InChI is InChI=1S/C21H30N2O/c1-4-9-23(10-5-2)17-8-7-15-13-20-18(12-16(15)11-17)19(14-22-20)21(24)6-3/h12-14,17,22H,4-11H2,1-3H3. The van der Waals surface area contributed by atoms with Crippen LogP contribution >= 0.6 is 0 Å². The van der Waals surface area contributed by atoms with Gasteiger partial charge in [-0.2, -0.15) is 0 Å². The lowest BCUT2D eigenvalue weighted by Crippen LogP contribution is -2.40. The van der Waals surface area contributed by atoms with Crippen LogP contribution in [0.2, 0.25) is 0 Å². The van der Waals surface area contributed by atoms with Crippen LogP contribution in [-0.2, 0) is 12.8 Å². The van der Waals surface area contributed by atoms with Crippen molar-refractivity contribution in [3.63, 3.8) is 0 Å². The largest absolute Gasteiger partial charge is 0.360 e. The average Bonchev–Trinajstić information content (AvgIpc) is 3.01. The van der Waals surface area contributed by atoms with Gasteiger partial charge in [-0.1, -0.05) is 20.8 Å². The number of fused-ring (bicyclic) bond motifs is 2. The molecule has 3 nitrogen and oxygen atoms in total. The molecule has 1 aliphatic rings. The van der Waals surface area contributed by atoms with Crippen molar-refractivity contribution in [3.8, 4) is 0 Å². The molecule has 0 saturated carbocycles. The molecular formula is C21H30N2O. The molecule has 3 heteroatoms. The molecule has 130 valence electrons. The van der Waals surface area contributed by atoms with Gasteiger partial charge in [0.25, 0.3) is 0 Å². The van der Waals surface area contributed by atoms with Crippen molar-refractivity contribution in [1.29, 1.82) is 0 Å². The summed E-state index contributed by atoms with van der Waals surface area (Å²) in [6.45, 7) is 8.86. The number of Topliss-reactive ketones (excluding diaryl/α,β-unsaturated/α-hetero) is 1. The molecule has 3 rings (SSSR count). The molecule has 0 spiro atoms. The first-order valence-corrected chi connectivity index (χ1v) is 9.58. The maximum atomic E-state index is 12.2. The smallest absolute Gasteiger partial charge is 0.164 e. The number of benzene rings is 1. The van der Waals surface area contributed by atoms with E-state index in [-0.39, 0.29) is 5.78 Å². The Morgan fingerprint density at radius 1 is 1.17 bits per heavy atom. The van der Waals surface area contributed by atoms with Gasteiger partial charge in [0.1, 0.15) is 0 Å². The maximum Gasteiger partial charge on any atom is 0.164 e. The molecule has 1 heterocycles. The van der Waals surface area contributed by atoms with E-state index in [0.717, 1.165) is 29.3 Å². The fraction of sp³-hybridized carbons (Fsp3) is 0.571. The van der Waals surface area contributed by atoms with E-state index in [1.807, 2.05) is 13.1 Å². The third-order valence-corrected chi connectivity index (χ3v) is 5.36. The van der Waals surface area contributed by atoms with Crippen molar-refractivity contribution in [3.05, 3.63) is 35.0 Å². The summed E-state index contributed by atoms with van der Waals surface area (Å²) in [7, 11) is 0. The lowest BCUT2D eigenvalue weighted by atomic mass is 9.86. The lowest BCUT2D eigenvalue weighted by molar-refractivity contribution is 0.0990. The number of aromatic amines is 1. The minimum atomic E-state index is 0.229. The van der Waals surface area contributed by atoms with Gasteiger partial charge in [0.05, 0.1) is 0 Å². The molecule has 0 radical (unpaired) electrons. The molecule has 0 fully saturated rings. The van der Waals surface area contributed by atoms with Gasteiger partial charge in [-0.05, 0) is 68.5 Å². The van der Waals surface area contributed by atoms with Gasteiger partial charge in [-0.15, -0.1) is 0 Å². The van der Waals surface area contributed by atoms with E-state index in [1.54, 1.807) is 0 Å². The van der Waals surface area contributed by atoms with Gasteiger partial charge in [-0.25, -0.2) is 0 Å². The Morgan fingerprint density at radius 3 is 2.58 bits per heavy atom. The molecule has 1 atom stereocenters. The first kappa shape index (κ1) is 17.2. The summed E-state index contributed by atoms with van der Waals surface area (Å²) in [5.74, 6) is 0.229. The third-order valence-electron chi connectivity index (χ3n) is 5.36. The molecule has 0 saturated heterocycles. The third kappa shape index (κ3) is 3.27.